The maximum Gasteiger partial charge on any atom is 0.0557 e. The Kier molecular flexibility index (Phi) is 1.80. The molecule has 1 aromatic heterocycles. The lowest BCUT2D eigenvalue weighted by molar-refractivity contribution is 0.260. The SMILES string of the molecule is CN1CCC=C2c3cccc4ccn(c34)C[C@H]21. The van der Waals surface area contributed by atoms with Crippen LogP contribution in [-0.4, -0.2) is 29.1 Å². The molecule has 2 heteroatoms. The molecule has 2 nitrogen and oxygen atoms in total. The molecular formula is C15H16N2. The monoisotopic (exact) mass is 224 g/mol. The van der Waals surface area contributed by atoms with Crippen LogP contribution in [0.25, 0.3) is 16.5 Å². The van der Waals surface area contributed by atoms with E-state index in [0.717, 1.165) is 6.54 Å². The lowest BCUT2D eigenvalue weighted by atomic mass is 9.89. The summed E-state index contributed by atoms with van der Waals surface area (Å²) in [6.45, 7) is 2.28. The van der Waals surface area contributed by atoms with Gasteiger partial charge in [-0.1, -0.05) is 24.3 Å². The molecular weight excluding hydrogens is 208 g/mol. The molecule has 0 radical (unpaired) electrons. The van der Waals surface area contributed by atoms with Crippen molar-refractivity contribution in [1.29, 1.82) is 0 Å². The van der Waals surface area contributed by atoms with E-state index in [2.05, 4.69) is 53.1 Å². The predicted molar refractivity (Wildman–Crippen MR) is 71.0 cm³/mol. The molecule has 86 valence electrons. The maximum atomic E-state index is 2.48. The second-order valence-corrected chi connectivity index (χ2v) is 5.16. The fourth-order valence-electron chi connectivity index (χ4n) is 3.31. The lowest BCUT2D eigenvalue weighted by Crippen LogP contribution is -2.41. The molecule has 1 aromatic carbocycles. The van der Waals surface area contributed by atoms with Crippen molar-refractivity contribution < 1.29 is 0 Å². The van der Waals surface area contributed by atoms with E-state index in [1.165, 1.54) is 35.0 Å². The fourth-order valence-corrected chi connectivity index (χ4v) is 3.31. The first-order chi connectivity index (χ1) is 8.34. The average molecular weight is 224 g/mol. The van der Waals surface area contributed by atoms with Gasteiger partial charge in [0.1, 0.15) is 0 Å². The molecule has 0 N–H and O–H groups in total. The van der Waals surface area contributed by atoms with Gasteiger partial charge in [-0.2, -0.15) is 0 Å². The van der Waals surface area contributed by atoms with Crippen molar-refractivity contribution in [2.45, 2.75) is 19.0 Å². The summed E-state index contributed by atoms with van der Waals surface area (Å²) in [4.78, 5) is 2.48. The first-order valence-corrected chi connectivity index (χ1v) is 6.33. The van der Waals surface area contributed by atoms with Crippen LogP contribution in [0, 0.1) is 0 Å². The van der Waals surface area contributed by atoms with Crippen LogP contribution in [-0.2, 0) is 6.54 Å². The first kappa shape index (κ1) is 9.49. The van der Waals surface area contributed by atoms with E-state index in [-0.39, 0.29) is 0 Å². The van der Waals surface area contributed by atoms with Gasteiger partial charge in [-0.15, -0.1) is 0 Å². The zero-order valence-corrected chi connectivity index (χ0v) is 10.1. The summed E-state index contributed by atoms with van der Waals surface area (Å²) in [5.41, 5.74) is 4.40. The molecule has 0 fully saturated rings. The van der Waals surface area contributed by atoms with E-state index >= 15 is 0 Å². The minimum atomic E-state index is 0.564. The minimum Gasteiger partial charge on any atom is -0.345 e. The number of benzene rings is 1. The highest BCUT2D eigenvalue weighted by Crippen LogP contribution is 2.37. The Hall–Kier alpha value is -1.54. The molecule has 2 aliphatic rings. The van der Waals surface area contributed by atoms with Crippen molar-refractivity contribution in [3.05, 3.63) is 42.1 Å². The normalized spacial score (nSPS) is 23.6. The lowest BCUT2D eigenvalue weighted by Gasteiger charge is -2.37. The average Bonchev–Trinajstić information content (AvgIpc) is 2.76. The molecule has 2 aliphatic heterocycles. The fraction of sp³-hybridized carbons (Fsp3) is 0.333. The third-order valence-corrected chi connectivity index (χ3v) is 4.21. The summed E-state index contributed by atoms with van der Waals surface area (Å²) in [5.74, 6) is 0. The zero-order chi connectivity index (χ0) is 11.4. The van der Waals surface area contributed by atoms with Crippen LogP contribution in [0.4, 0.5) is 0 Å². The van der Waals surface area contributed by atoms with E-state index in [1.807, 2.05) is 0 Å². The molecule has 0 unspecified atom stereocenters. The van der Waals surface area contributed by atoms with Crippen LogP contribution in [0.5, 0.6) is 0 Å². The van der Waals surface area contributed by atoms with Crippen LogP contribution < -0.4 is 0 Å². The highest BCUT2D eigenvalue weighted by Gasteiger charge is 2.29. The third kappa shape index (κ3) is 1.19. The van der Waals surface area contributed by atoms with E-state index in [1.54, 1.807) is 0 Å². The van der Waals surface area contributed by atoms with Gasteiger partial charge in [0, 0.05) is 30.2 Å². The summed E-state index contributed by atoms with van der Waals surface area (Å²) in [6, 6.07) is 9.46. The van der Waals surface area contributed by atoms with Crippen LogP contribution in [0.3, 0.4) is 0 Å². The Labute approximate surface area is 101 Å². The molecule has 3 heterocycles. The topological polar surface area (TPSA) is 8.17 Å². The van der Waals surface area contributed by atoms with Crippen molar-refractivity contribution in [1.82, 2.24) is 9.47 Å². The van der Waals surface area contributed by atoms with Gasteiger partial charge < -0.3 is 4.57 Å². The number of fused-ring (bicyclic) bond motifs is 2. The van der Waals surface area contributed by atoms with Crippen molar-refractivity contribution in [2.75, 3.05) is 13.6 Å². The second kappa shape index (κ2) is 3.23. The molecule has 1 atom stereocenters. The summed E-state index contributed by atoms with van der Waals surface area (Å²) >= 11 is 0. The van der Waals surface area contributed by atoms with Gasteiger partial charge in [-0.25, -0.2) is 0 Å². The van der Waals surface area contributed by atoms with Crippen molar-refractivity contribution >= 4 is 16.5 Å². The molecule has 0 aliphatic carbocycles. The molecule has 0 spiro atoms. The van der Waals surface area contributed by atoms with Crippen molar-refractivity contribution in [3.8, 4) is 0 Å². The van der Waals surface area contributed by atoms with Gasteiger partial charge in [0.05, 0.1) is 11.6 Å². The zero-order valence-electron chi connectivity index (χ0n) is 10.1. The second-order valence-electron chi connectivity index (χ2n) is 5.16. The highest BCUT2D eigenvalue weighted by molar-refractivity contribution is 5.94. The first-order valence-electron chi connectivity index (χ1n) is 6.33. The van der Waals surface area contributed by atoms with E-state index in [4.69, 9.17) is 0 Å². The van der Waals surface area contributed by atoms with Crippen LogP contribution in [0.1, 0.15) is 12.0 Å². The number of aromatic nitrogens is 1. The number of hydrogen-bond donors (Lipinski definition) is 0. The number of nitrogens with zero attached hydrogens (tertiary/aromatic N) is 2. The molecule has 0 saturated heterocycles. The van der Waals surface area contributed by atoms with Crippen molar-refractivity contribution in [2.24, 2.45) is 0 Å². The number of rotatable bonds is 0. The van der Waals surface area contributed by atoms with Crippen LogP contribution in [0.15, 0.2) is 36.5 Å². The van der Waals surface area contributed by atoms with E-state index in [0.29, 0.717) is 6.04 Å². The standard InChI is InChI=1S/C15H16N2/c1-16-8-3-6-12-13-5-2-4-11-7-9-17(15(11)13)10-14(12)16/h2,4-7,9,14H,3,8,10H2,1H3/t14-/m1/s1. The van der Waals surface area contributed by atoms with Crippen LogP contribution in [0.2, 0.25) is 0 Å². The third-order valence-electron chi connectivity index (χ3n) is 4.21. The smallest absolute Gasteiger partial charge is 0.0557 e. The number of para-hydroxylation sites is 1. The van der Waals surface area contributed by atoms with E-state index < -0.39 is 0 Å². The van der Waals surface area contributed by atoms with Gasteiger partial charge in [-0.05, 0) is 25.1 Å². The quantitative estimate of drug-likeness (QED) is 0.668. The number of hydrogen-bond acceptors (Lipinski definition) is 1. The summed E-state index contributed by atoms with van der Waals surface area (Å²) in [6.07, 6.45) is 5.85. The van der Waals surface area contributed by atoms with Gasteiger partial charge in [0.25, 0.3) is 0 Å². The molecule has 0 bridgehead atoms. The summed E-state index contributed by atoms with van der Waals surface area (Å²) in [7, 11) is 2.24. The Morgan fingerprint density at radius 1 is 1.24 bits per heavy atom. The van der Waals surface area contributed by atoms with Gasteiger partial charge in [0.2, 0.25) is 0 Å². The van der Waals surface area contributed by atoms with Crippen molar-refractivity contribution in [3.63, 3.8) is 0 Å². The number of likely N-dealkylation sites (N-methyl/N-ethyl adjacent to an activating group) is 1. The molecule has 2 aromatic rings. The Balaban J connectivity index is 2.04. The van der Waals surface area contributed by atoms with Gasteiger partial charge in [0.15, 0.2) is 0 Å². The predicted octanol–water partition coefficient (Wildman–Crippen LogP) is 2.74. The van der Waals surface area contributed by atoms with E-state index in [9.17, 15) is 0 Å². The molecule has 0 saturated carbocycles. The summed E-state index contributed by atoms with van der Waals surface area (Å²) in [5, 5.41) is 1.37. The molecule has 17 heavy (non-hydrogen) atoms. The Morgan fingerprint density at radius 2 is 2.18 bits per heavy atom. The maximum absolute atomic E-state index is 2.48. The van der Waals surface area contributed by atoms with Gasteiger partial charge in [-0.3, -0.25) is 4.90 Å². The largest absolute Gasteiger partial charge is 0.345 e. The summed E-state index contributed by atoms with van der Waals surface area (Å²) < 4.78 is 2.41. The van der Waals surface area contributed by atoms with Crippen LogP contribution >= 0.6 is 0 Å². The van der Waals surface area contributed by atoms with Gasteiger partial charge >= 0.3 is 0 Å². The Bertz CT molecular complexity index is 621. The Morgan fingerprint density at radius 3 is 3.12 bits per heavy atom. The minimum absolute atomic E-state index is 0.564. The molecule has 0 amide bonds. The molecule has 4 rings (SSSR count). The highest BCUT2D eigenvalue weighted by atomic mass is 15.2.